The van der Waals surface area contributed by atoms with Gasteiger partial charge in [0.25, 0.3) is 0 Å². The molecule has 0 spiro atoms. The number of nitrogens with one attached hydrogen (secondary N) is 1. The van der Waals surface area contributed by atoms with Crippen molar-refractivity contribution in [3.63, 3.8) is 0 Å². The maximum atomic E-state index is 12.4. The van der Waals surface area contributed by atoms with Crippen LogP contribution in [0.1, 0.15) is 37.5 Å². The molecule has 36 heavy (non-hydrogen) atoms. The van der Waals surface area contributed by atoms with E-state index in [1.165, 1.54) is 0 Å². The molecule has 0 unspecified atom stereocenters. The molecule has 1 amide bonds. The Labute approximate surface area is 209 Å². The van der Waals surface area contributed by atoms with Crippen molar-refractivity contribution in [1.82, 2.24) is 19.5 Å². The molecule has 0 aliphatic heterocycles. The topological polar surface area (TPSA) is 81.9 Å². The van der Waals surface area contributed by atoms with E-state index in [0.29, 0.717) is 11.2 Å². The van der Waals surface area contributed by atoms with Gasteiger partial charge < -0.3 is 4.74 Å². The van der Waals surface area contributed by atoms with Crippen LogP contribution in [-0.2, 0) is 10.3 Å². The second-order valence-corrected chi connectivity index (χ2v) is 9.45. The van der Waals surface area contributed by atoms with Crippen LogP contribution < -0.4 is 5.32 Å². The Balaban J connectivity index is 1.76. The van der Waals surface area contributed by atoms with Gasteiger partial charge in [-0.05, 0) is 37.5 Å². The molecule has 180 valence electrons. The highest BCUT2D eigenvalue weighted by Gasteiger charge is 2.39. The summed E-state index contributed by atoms with van der Waals surface area (Å²) in [5.41, 5.74) is 2.89. The van der Waals surface area contributed by atoms with Crippen LogP contribution in [0.5, 0.6) is 0 Å². The van der Waals surface area contributed by atoms with E-state index in [1.54, 1.807) is 33.3 Å². The number of rotatable bonds is 5. The number of hydrogen-bond acceptors (Lipinski definition) is 5. The summed E-state index contributed by atoms with van der Waals surface area (Å²) >= 11 is 0. The summed E-state index contributed by atoms with van der Waals surface area (Å²) < 4.78 is 7.43. The number of hydrogen-bond donors (Lipinski definition) is 1. The third-order valence-electron chi connectivity index (χ3n) is 5.84. The number of ether oxygens (including phenoxy) is 1. The molecule has 7 nitrogen and oxygen atoms in total. The van der Waals surface area contributed by atoms with Gasteiger partial charge in [0.2, 0.25) is 5.95 Å². The molecular formula is C29H27N5O2. The highest BCUT2D eigenvalue weighted by molar-refractivity contribution is 5.84. The van der Waals surface area contributed by atoms with Gasteiger partial charge in [-0.15, -0.1) is 0 Å². The van der Waals surface area contributed by atoms with Crippen LogP contribution in [0.15, 0.2) is 104 Å². The summed E-state index contributed by atoms with van der Waals surface area (Å²) in [4.78, 5) is 26.1. The first-order valence-electron chi connectivity index (χ1n) is 11.7. The molecule has 3 aromatic carbocycles. The molecule has 0 atom stereocenters. The van der Waals surface area contributed by atoms with Crippen molar-refractivity contribution < 1.29 is 9.53 Å². The standard InChI is InChI=1S/C29H27N5O2/c1-28(2,3)36-27(35)33-26-30-19-24-25(32-26)34(20-31-24)29(21-13-7-4-8-14-21,22-15-9-5-10-16-22)23-17-11-6-12-18-23/h4-20H,1-3H3,(H,30,32,33,35). The molecule has 0 bridgehead atoms. The fourth-order valence-corrected chi connectivity index (χ4v) is 4.47. The number of fused-ring (bicyclic) bond motifs is 1. The van der Waals surface area contributed by atoms with Gasteiger partial charge in [-0.25, -0.2) is 14.8 Å². The van der Waals surface area contributed by atoms with E-state index >= 15 is 0 Å². The van der Waals surface area contributed by atoms with Crippen LogP contribution in [0.2, 0.25) is 0 Å². The fraction of sp³-hybridized carbons (Fsp3) is 0.172. The van der Waals surface area contributed by atoms with Crippen LogP contribution in [0.3, 0.4) is 0 Å². The van der Waals surface area contributed by atoms with Crippen molar-refractivity contribution in [2.75, 3.05) is 5.32 Å². The van der Waals surface area contributed by atoms with E-state index in [9.17, 15) is 4.79 Å². The van der Waals surface area contributed by atoms with Gasteiger partial charge in [0, 0.05) is 0 Å². The van der Waals surface area contributed by atoms with E-state index < -0.39 is 17.2 Å². The minimum atomic E-state index is -0.782. The monoisotopic (exact) mass is 477 g/mol. The first-order chi connectivity index (χ1) is 17.4. The lowest BCUT2D eigenvalue weighted by molar-refractivity contribution is 0.0634. The van der Waals surface area contributed by atoms with E-state index in [0.717, 1.165) is 16.7 Å². The van der Waals surface area contributed by atoms with Crippen LogP contribution in [0, 0.1) is 0 Å². The number of anilines is 1. The molecule has 2 heterocycles. The lowest BCUT2D eigenvalue weighted by atomic mass is 9.76. The number of nitrogens with zero attached hydrogens (tertiary/aromatic N) is 4. The quantitative estimate of drug-likeness (QED) is 0.313. The average Bonchev–Trinajstić information content (AvgIpc) is 3.29. The second kappa shape index (κ2) is 9.26. The average molecular weight is 478 g/mol. The van der Waals surface area contributed by atoms with Gasteiger partial charge in [0.15, 0.2) is 5.65 Å². The Hall–Kier alpha value is -4.52. The zero-order valence-corrected chi connectivity index (χ0v) is 20.4. The van der Waals surface area contributed by atoms with Gasteiger partial charge in [0.05, 0.1) is 12.5 Å². The Bertz CT molecular complexity index is 1380. The second-order valence-electron chi connectivity index (χ2n) is 9.45. The first-order valence-corrected chi connectivity index (χ1v) is 11.7. The third-order valence-corrected chi connectivity index (χ3v) is 5.84. The molecule has 0 fully saturated rings. The Morgan fingerprint density at radius 2 is 1.28 bits per heavy atom. The lowest BCUT2D eigenvalue weighted by Crippen LogP contribution is -2.37. The highest BCUT2D eigenvalue weighted by atomic mass is 16.6. The van der Waals surface area contributed by atoms with Crippen molar-refractivity contribution in [1.29, 1.82) is 0 Å². The predicted molar refractivity (Wildman–Crippen MR) is 140 cm³/mol. The number of imidazole rings is 1. The fourth-order valence-electron chi connectivity index (χ4n) is 4.47. The number of carbonyl (C=O) groups is 1. The summed E-state index contributed by atoms with van der Waals surface area (Å²) in [7, 11) is 0. The minimum Gasteiger partial charge on any atom is -0.444 e. The third kappa shape index (κ3) is 4.31. The van der Waals surface area contributed by atoms with Gasteiger partial charge in [-0.2, -0.15) is 4.98 Å². The smallest absolute Gasteiger partial charge is 0.414 e. The largest absolute Gasteiger partial charge is 0.444 e. The number of aromatic nitrogens is 4. The van der Waals surface area contributed by atoms with E-state index in [2.05, 4.69) is 51.7 Å². The summed E-state index contributed by atoms with van der Waals surface area (Å²) in [6, 6.07) is 30.8. The molecule has 5 aromatic rings. The summed E-state index contributed by atoms with van der Waals surface area (Å²) in [6.07, 6.45) is 2.77. The molecular weight excluding hydrogens is 450 g/mol. The molecule has 0 aliphatic carbocycles. The normalized spacial score (nSPS) is 11.9. The predicted octanol–water partition coefficient (Wildman–Crippen LogP) is 6.01. The maximum Gasteiger partial charge on any atom is 0.414 e. The first kappa shape index (κ1) is 23.2. The zero-order chi connectivity index (χ0) is 25.2. The van der Waals surface area contributed by atoms with Crippen LogP contribution in [0.25, 0.3) is 11.2 Å². The summed E-state index contributed by atoms with van der Waals surface area (Å²) in [5.74, 6) is 0.140. The van der Waals surface area contributed by atoms with Gasteiger partial charge in [-0.3, -0.25) is 9.88 Å². The maximum absolute atomic E-state index is 12.4. The number of amides is 1. The summed E-state index contributed by atoms with van der Waals surface area (Å²) in [5, 5.41) is 2.65. The molecule has 5 rings (SSSR count). The number of carbonyl (C=O) groups excluding carboxylic acids is 1. The van der Waals surface area contributed by atoms with Crippen molar-refractivity contribution in [2.45, 2.75) is 31.9 Å². The Morgan fingerprint density at radius 3 is 1.75 bits per heavy atom. The molecule has 7 heteroatoms. The number of benzene rings is 3. The Morgan fingerprint density at radius 1 is 0.778 bits per heavy atom. The molecule has 0 saturated carbocycles. The minimum absolute atomic E-state index is 0.140. The molecule has 0 aliphatic rings. The molecule has 2 aromatic heterocycles. The van der Waals surface area contributed by atoms with Crippen LogP contribution >= 0.6 is 0 Å². The molecule has 1 N–H and O–H groups in total. The lowest BCUT2D eigenvalue weighted by Gasteiger charge is -2.37. The van der Waals surface area contributed by atoms with Crippen molar-refractivity contribution in [3.05, 3.63) is 120 Å². The summed E-state index contributed by atoms with van der Waals surface area (Å²) in [6.45, 7) is 5.42. The zero-order valence-electron chi connectivity index (χ0n) is 20.4. The van der Waals surface area contributed by atoms with Gasteiger partial charge >= 0.3 is 6.09 Å². The Kier molecular flexibility index (Phi) is 5.98. The van der Waals surface area contributed by atoms with Crippen molar-refractivity contribution in [2.24, 2.45) is 0 Å². The van der Waals surface area contributed by atoms with Crippen LogP contribution in [-0.4, -0.2) is 31.2 Å². The van der Waals surface area contributed by atoms with Crippen LogP contribution in [0.4, 0.5) is 10.7 Å². The molecule has 0 radical (unpaired) electrons. The van der Waals surface area contributed by atoms with E-state index in [-0.39, 0.29) is 5.95 Å². The highest BCUT2D eigenvalue weighted by Crippen LogP contribution is 2.42. The van der Waals surface area contributed by atoms with E-state index in [1.807, 2.05) is 59.2 Å². The van der Waals surface area contributed by atoms with Crippen molar-refractivity contribution >= 4 is 23.2 Å². The van der Waals surface area contributed by atoms with Crippen molar-refractivity contribution in [3.8, 4) is 0 Å². The van der Waals surface area contributed by atoms with E-state index in [4.69, 9.17) is 9.72 Å². The SMILES string of the molecule is CC(C)(C)OC(=O)Nc1ncc2ncn(C(c3ccccc3)(c3ccccc3)c3ccccc3)c2n1. The van der Waals surface area contributed by atoms with Gasteiger partial charge in [0.1, 0.15) is 16.7 Å². The molecule has 0 saturated heterocycles. The van der Waals surface area contributed by atoms with Gasteiger partial charge in [-0.1, -0.05) is 91.0 Å².